The first-order valence-corrected chi connectivity index (χ1v) is 8.85. The van der Waals surface area contributed by atoms with E-state index in [0.717, 1.165) is 22.3 Å². The number of aryl methyl sites for hydroxylation is 1. The number of fused-ring (bicyclic) bond motifs is 1. The van der Waals surface area contributed by atoms with Gasteiger partial charge in [-0.05, 0) is 51.5 Å². The highest BCUT2D eigenvalue weighted by molar-refractivity contribution is 5.80. The molecule has 0 fully saturated rings. The maximum absolute atomic E-state index is 12.1. The summed E-state index contributed by atoms with van der Waals surface area (Å²) in [6, 6.07) is 7.55. The number of amides is 1. The Bertz CT molecular complexity index is 964. The largest absolute Gasteiger partial charge is 0.444 e. The molecule has 7 heteroatoms. The lowest BCUT2D eigenvalue weighted by molar-refractivity contribution is 0.0503. The minimum atomic E-state index is -0.554. The summed E-state index contributed by atoms with van der Waals surface area (Å²) in [5.74, 6) is 0. The first-order valence-electron chi connectivity index (χ1n) is 8.85. The molecule has 3 rings (SSSR count). The summed E-state index contributed by atoms with van der Waals surface area (Å²) < 4.78 is 8.92. The second-order valence-corrected chi connectivity index (χ2v) is 7.45. The highest BCUT2D eigenvalue weighted by Crippen LogP contribution is 2.20. The van der Waals surface area contributed by atoms with Gasteiger partial charge in [-0.3, -0.25) is 4.68 Å². The molecular weight excluding hydrogens is 342 g/mol. The Balaban J connectivity index is 1.82. The standard InChI is InChI=1S/C20H25N5O2/c1-6-7-17(21-19(26)27-20(2,3)4)18-10-11-25(23-18)15-8-9-16-14(12-15)13-24(5)22-16/h6,8-13,17H,1,7H2,2-5H3,(H,21,26)/t17-/m0/s1. The van der Waals surface area contributed by atoms with E-state index in [1.165, 1.54) is 0 Å². The number of aromatic nitrogens is 4. The zero-order valence-electron chi connectivity index (χ0n) is 16.1. The number of nitrogens with zero attached hydrogens (tertiary/aromatic N) is 4. The van der Waals surface area contributed by atoms with E-state index in [1.54, 1.807) is 15.4 Å². The molecule has 7 nitrogen and oxygen atoms in total. The monoisotopic (exact) mass is 367 g/mol. The third-order valence-corrected chi connectivity index (χ3v) is 3.93. The van der Waals surface area contributed by atoms with Crippen LogP contribution in [0, 0.1) is 0 Å². The third-order valence-electron chi connectivity index (χ3n) is 3.93. The second-order valence-electron chi connectivity index (χ2n) is 7.45. The van der Waals surface area contributed by atoms with Crippen LogP contribution in [0.25, 0.3) is 16.6 Å². The smallest absolute Gasteiger partial charge is 0.408 e. The lowest BCUT2D eigenvalue weighted by Crippen LogP contribution is -2.35. The van der Waals surface area contributed by atoms with Crippen molar-refractivity contribution in [2.75, 3.05) is 0 Å². The van der Waals surface area contributed by atoms with Crippen LogP contribution in [-0.4, -0.2) is 31.3 Å². The van der Waals surface area contributed by atoms with Crippen LogP contribution >= 0.6 is 0 Å². The van der Waals surface area contributed by atoms with Gasteiger partial charge in [0.2, 0.25) is 0 Å². The van der Waals surface area contributed by atoms with E-state index in [0.29, 0.717) is 6.42 Å². The van der Waals surface area contributed by atoms with Crippen molar-refractivity contribution in [2.45, 2.75) is 38.8 Å². The van der Waals surface area contributed by atoms with Crippen molar-refractivity contribution >= 4 is 17.0 Å². The number of hydrogen-bond donors (Lipinski definition) is 1. The van der Waals surface area contributed by atoms with Gasteiger partial charge >= 0.3 is 6.09 Å². The van der Waals surface area contributed by atoms with Crippen LogP contribution in [0.15, 0.2) is 49.3 Å². The third kappa shape index (κ3) is 4.55. The van der Waals surface area contributed by atoms with Crippen molar-refractivity contribution in [3.05, 3.63) is 55.0 Å². The molecule has 2 aromatic heterocycles. The van der Waals surface area contributed by atoms with Gasteiger partial charge < -0.3 is 10.1 Å². The van der Waals surface area contributed by atoms with Crippen LogP contribution in [0.3, 0.4) is 0 Å². The number of carbonyl (C=O) groups excluding carboxylic acids is 1. The molecule has 0 saturated heterocycles. The molecule has 0 aliphatic carbocycles. The van der Waals surface area contributed by atoms with Crippen molar-refractivity contribution in [1.29, 1.82) is 0 Å². The molecule has 0 aliphatic rings. The quantitative estimate of drug-likeness (QED) is 0.694. The first-order chi connectivity index (χ1) is 12.7. The number of hydrogen-bond acceptors (Lipinski definition) is 4. The molecule has 0 bridgehead atoms. The summed E-state index contributed by atoms with van der Waals surface area (Å²) >= 11 is 0. The summed E-state index contributed by atoms with van der Waals surface area (Å²) in [6.45, 7) is 9.27. The van der Waals surface area contributed by atoms with Crippen molar-refractivity contribution in [2.24, 2.45) is 7.05 Å². The predicted octanol–water partition coefficient (Wildman–Crippen LogP) is 3.90. The molecular formula is C20H25N5O2. The number of carbonyl (C=O) groups is 1. The lowest BCUT2D eigenvalue weighted by atomic mass is 10.1. The molecule has 1 atom stereocenters. The van der Waals surface area contributed by atoms with Crippen LogP contribution < -0.4 is 5.32 Å². The van der Waals surface area contributed by atoms with E-state index in [4.69, 9.17) is 4.74 Å². The lowest BCUT2D eigenvalue weighted by Gasteiger charge is -2.22. The summed E-state index contributed by atoms with van der Waals surface area (Å²) in [5, 5.41) is 12.9. The zero-order valence-corrected chi connectivity index (χ0v) is 16.1. The SMILES string of the molecule is C=CC[C@H](NC(=O)OC(C)(C)C)c1ccn(-c2ccc3nn(C)cc3c2)n1. The highest BCUT2D eigenvalue weighted by Gasteiger charge is 2.21. The molecule has 0 aliphatic heterocycles. The maximum atomic E-state index is 12.1. The average molecular weight is 367 g/mol. The second kappa shape index (κ2) is 7.26. The molecule has 1 amide bonds. The van der Waals surface area contributed by atoms with Gasteiger partial charge in [0, 0.05) is 24.8 Å². The summed E-state index contributed by atoms with van der Waals surface area (Å²) in [6.07, 6.45) is 5.68. The van der Waals surface area contributed by atoms with E-state index in [2.05, 4.69) is 22.1 Å². The van der Waals surface area contributed by atoms with Crippen molar-refractivity contribution < 1.29 is 9.53 Å². The van der Waals surface area contributed by atoms with Crippen molar-refractivity contribution in [1.82, 2.24) is 24.9 Å². The summed E-state index contributed by atoms with van der Waals surface area (Å²) in [4.78, 5) is 12.1. The summed E-state index contributed by atoms with van der Waals surface area (Å²) in [5.41, 5.74) is 2.05. The Morgan fingerprint density at radius 3 is 2.81 bits per heavy atom. The fourth-order valence-electron chi connectivity index (χ4n) is 2.82. The van der Waals surface area contributed by atoms with Gasteiger partial charge in [0.05, 0.1) is 22.9 Å². The average Bonchev–Trinajstić information content (AvgIpc) is 3.17. The number of rotatable bonds is 5. The van der Waals surface area contributed by atoms with E-state index in [1.807, 2.05) is 64.5 Å². The van der Waals surface area contributed by atoms with Crippen LogP contribution in [0.1, 0.15) is 38.9 Å². The van der Waals surface area contributed by atoms with Crippen molar-refractivity contribution in [3.63, 3.8) is 0 Å². The number of benzene rings is 1. The minimum absolute atomic E-state index is 0.305. The Morgan fingerprint density at radius 1 is 1.33 bits per heavy atom. The van der Waals surface area contributed by atoms with Gasteiger partial charge in [0.15, 0.2) is 0 Å². The molecule has 1 N–H and O–H groups in total. The normalized spacial score (nSPS) is 12.7. The fourth-order valence-corrected chi connectivity index (χ4v) is 2.82. The predicted molar refractivity (Wildman–Crippen MR) is 105 cm³/mol. The minimum Gasteiger partial charge on any atom is -0.444 e. The van der Waals surface area contributed by atoms with Crippen molar-refractivity contribution in [3.8, 4) is 5.69 Å². The molecule has 1 aromatic carbocycles. The van der Waals surface area contributed by atoms with Gasteiger partial charge in [-0.25, -0.2) is 9.48 Å². The van der Waals surface area contributed by atoms with Gasteiger partial charge in [0.25, 0.3) is 0 Å². The Morgan fingerprint density at radius 2 is 2.11 bits per heavy atom. The topological polar surface area (TPSA) is 74.0 Å². The number of alkyl carbamates (subject to hydrolysis) is 1. The van der Waals surface area contributed by atoms with Gasteiger partial charge in [-0.15, -0.1) is 6.58 Å². The van der Waals surface area contributed by atoms with Gasteiger partial charge in [0.1, 0.15) is 5.60 Å². The molecule has 2 heterocycles. The van der Waals surface area contributed by atoms with Crippen LogP contribution in [-0.2, 0) is 11.8 Å². The summed E-state index contributed by atoms with van der Waals surface area (Å²) in [7, 11) is 1.90. The maximum Gasteiger partial charge on any atom is 0.408 e. The van der Waals surface area contributed by atoms with Crippen LogP contribution in [0.4, 0.5) is 4.79 Å². The molecule has 142 valence electrons. The Labute approximate surface area is 158 Å². The molecule has 0 saturated carbocycles. The Kier molecular flexibility index (Phi) is 5.03. The number of ether oxygens (including phenoxy) is 1. The molecule has 27 heavy (non-hydrogen) atoms. The van der Waals surface area contributed by atoms with Gasteiger partial charge in [-0.1, -0.05) is 6.08 Å². The first kappa shape index (κ1) is 18.7. The fraction of sp³-hybridized carbons (Fsp3) is 0.350. The van der Waals surface area contributed by atoms with E-state index < -0.39 is 11.7 Å². The van der Waals surface area contributed by atoms with Gasteiger partial charge in [-0.2, -0.15) is 10.2 Å². The van der Waals surface area contributed by atoms with E-state index in [-0.39, 0.29) is 6.04 Å². The molecule has 0 radical (unpaired) electrons. The number of nitrogens with one attached hydrogen (secondary N) is 1. The highest BCUT2D eigenvalue weighted by atomic mass is 16.6. The molecule has 0 unspecified atom stereocenters. The van der Waals surface area contributed by atoms with Crippen LogP contribution in [0.5, 0.6) is 0 Å². The van der Waals surface area contributed by atoms with E-state index in [9.17, 15) is 4.79 Å². The zero-order chi connectivity index (χ0) is 19.6. The Hall–Kier alpha value is -3.09. The molecule has 3 aromatic rings. The van der Waals surface area contributed by atoms with E-state index >= 15 is 0 Å². The van der Waals surface area contributed by atoms with Crippen LogP contribution in [0.2, 0.25) is 0 Å². The molecule has 0 spiro atoms.